The Labute approximate surface area is 43.5 Å². The average molecular weight is 101 g/mol. The van der Waals surface area contributed by atoms with Crippen LogP contribution in [0.2, 0.25) is 0 Å². The van der Waals surface area contributed by atoms with Crippen molar-refractivity contribution in [1.82, 2.24) is 5.32 Å². The Balaban J connectivity index is 2.06. The van der Waals surface area contributed by atoms with Crippen LogP contribution in [0.1, 0.15) is 12.8 Å². The van der Waals surface area contributed by atoms with Crippen LogP contribution in [0, 0.1) is 0 Å². The summed E-state index contributed by atoms with van der Waals surface area (Å²) in [5.41, 5.74) is 0. The van der Waals surface area contributed by atoms with Gasteiger partial charge in [-0.25, -0.2) is 0 Å². The molecule has 0 aromatic rings. The van der Waals surface area contributed by atoms with Gasteiger partial charge in [-0.2, -0.15) is 0 Å². The number of aliphatic hydroxyl groups is 1. The average Bonchev–Trinajstić information content (AvgIpc) is 1.58. The Morgan fingerprint density at radius 3 is 2.29 bits per heavy atom. The number of nitrogens with one attached hydrogen (secondary N) is 1. The summed E-state index contributed by atoms with van der Waals surface area (Å²) in [5.74, 6) is 0. The fourth-order valence-electron chi connectivity index (χ4n) is 0.824. The molecule has 0 bridgehead atoms. The monoisotopic (exact) mass is 101 g/mol. The van der Waals surface area contributed by atoms with Gasteiger partial charge in [0, 0.05) is 6.04 Å². The fourth-order valence-corrected chi connectivity index (χ4v) is 0.824. The molecule has 0 saturated heterocycles. The maximum Gasteiger partial charge on any atom is 0.0570 e. The van der Waals surface area contributed by atoms with Crippen LogP contribution in [0.3, 0.4) is 0 Å². The van der Waals surface area contributed by atoms with E-state index in [0.29, 0.717) is 6.04 Å². The van der Waals surface area contributed by atoms with Crippen molar-refractivity contribution in [3.8, 4) is 0 Å². The molecule has 0 amide bonds. The Morgan fingerprint density at radius 1 is 1.57 bits per heavy atom. The molecule has 0 spiro atoms. The molecule has 0 aliphatic heterocycles. The van der Waals surface area contributed by atoms with Gasteiger partial charge in [-0.05, 0) is 19.9 Å². The predicted octanol–water partition coefficient (Wildman–Crippen LogP) is -0.271. The summed E-state index contributed by atoms with van der Waals surface area (Å²) in [6.07, 6.45) is 1.87. The lowest BCUT2D eigenvalue weighted by Crippen LogP contribution is -2.42. The van der Waals surface area contributed by atoms with Crippen molar-refractivity contribution in [3.63, 3.8) is 0 Å². The molecule has 1 aliphatic rings. The number of rotatable bonds is 1. The first-order chi connectivity index (χ1) is 3.33. The lowest BCUT2D eigenvalue weighted by atomic mass is 9.90. The van der Waals surface area contributed by atoms with Crippen LogP contribution in [0.5, 0.6) is 0 Å². The van der Waals surface area contributed by atoms with Crippen molar-refractivity contribution in [1.29, 1.82) is 0 Å². The van der Waals surface area contributed by atoms with Gasteiger partial charge in [0.1, 0.15) is 0 Å². The van der Waals surface area contributed by atoms with Gasteiger partial charge < -0.3 is 10.4 Å². The van der Waals surface area contributed by atoms with E-state index >= 15 is 0 Å². The summed E-state index contributed by atoms with van der Waals surface area (Å²) in [7, 11) is 1.93. The van der Waals surface area contributed by atoms with E-state index in [9.17, 15) is 0 Å². The molecule has 7 heavy (non-hydrogen) atoms. The Kier molecular flexibility index (Phi) is 1.30. The van der Waals surface area contributed by atoms with Crippen LogP contribution in [0.25, 0.3) is 0 Å². The molecule has 1 rings (SSSR count). The van der Waals surface area contributed by atoms with Crippen molar-refractivity contribution in [2.24, 2.45) is 0 Å². The molecule has 0 atom stereocenters. The first-order valence-electron chi connectivity index (χ1n) is 2.68. The molecule has 0 unspecified atom stereocenters. The summed E-state index contributed by atoms with van der Waals surface area (Å²) in [4.78, 5) is 0. The standard InChI is InChI=1S/C5H11NO/c1-6-4-2-5(7)3-4/h4-7H,2-3H2,1H3/t4-,5-. The van der Waals surface area contributed by atoms with E-state index in [1.807, 2.05) is 7.05 Å². The van der Waals surface area contributed by atoms with Crippen LogP contribution in [-0.4, -0.2) is 24.3 Å². The maximum atomic E-state index is 8.71. The molecule has 0 aromatic heterocycles. The summed E-state index contributed by atoms with van der Waals surface area (Å²) in [6.45, 7) is 0. The lowest BCUT2D eigenvalue weighted by Gasteiger charge is -2.30. The second kappa shape index (κ2) is 1.80. The SMILES string of the molecule is CN[C@H]1C[C@H](O)C1. The highest BCUT2D eigenvalue weighted by Crippen LogP contribution is 2.18. The minimum absolute atomic E-state index is 0.0163. The largest absolute Gasteiger partial charge is 0.393 e. The van der Waals surface area contributed by atoms with Gasteiger partial charge in [-0.15, -0.1) is 0 Å². The quantitative estimate of drug-likeness (QED) is 0.476. The summed E-state index contributed by atoms with van der Waals surface area (Å²) in [6, 6.07) is 0.593. The van der Waals surface area contributed by atoms with Gasteiger partial charge in [-0.1, -0.05) is 0 Å². The Bertz CT molecular complexity index is 59.1. The highest BCUT2D eigenvalue weighted by atomic mass is 16.3. The molecule has 1 fully saturated rings. The zero-order valence-corrected chi connectivity index (χ0v) is 4.52. The normalized spacial score (nSPS) is 40.3. The molecule has 0 aromatic carbocycles. The van der Waals surface area contributed by atoms with Crippen molar-refractivity contribution >= 4 is 0 Å². The highest BCUT2D eigenvalue weighted by Gasteiger charge is 2.24. The topological polar surface area (TPSA) is 32.3 Å². The second-order valence-electron chi connectivity index (χ2n) is 2.11. The fraction of sp³-hybridized carbons (Fsp3) is 1.00. The smallest absolute Gasteiger partial charge is 0.0570 e. The first-order valence-corrected chi connectivity index (χ1v) is 2.68. The van der Waals surface area contributed by atoms with E-state index in [4.69, 9.17) is 5.11 Å². The maximum absolute atomic E-state index is 8.71. The van der Waals surface area contributed by atoms with Crippen LogP contribution < -0.4 is 5.32 Å². The number of hydrogen-bond acceptors (Lipinski definition) is 2. The zero-order valence-electron chi connectivity index (χ0n) is 4.52. The van der Waals surface area contributed by atoms with E-state index in [-0.39, 0.29) is 6.10 Å². The second-order valence-corrected chi connectivity index (χ2v) is 2.11. The van der Waals surface area contributed by atoms with E-state index in [1.54, 1.807) is 0 Å². The van der Waals surface area contributed by atoms with E-state index in [0.717, 1.165) is 12.8 Å². The Morgan fingerprint density at radius 2 is 2.14 bits per heavy atom. The van der Waals surface area contributed by atoms with Crippen molar-refractivity contribution in [2.45, 2.75) is 25.0 Å². The van der Waals surface area contributed by atoms with Crippen molar-refractivity contribution in [2.75, 3.05) is 7.05 Å². The summed E-state index contributed by atoms with van der Waals surface area (Å²) >= 11 is 0. The van der Waals surface area contributed by atoms with Gasteiger partial charge in [-0.3, -0.25) is 0 Å². The number of hydrogen-bond donors (Lipinski definition) is 2. The minimum Gasteiger partial charge on any atom is -0.393 e. The highest BCUT2D eigenvalue weighted by molar-refractivity contribution is 4.82. The third kappa shape index (κ3) is 0.924. The minimum atomic E-state index is -0.0163. The first kappa shape index (κ1) is 5.06. The predicted molar refractivity (Wildman–Crippen MR) is 28.1 cm³/mol. The third-order valence-corrected chi connectivity index (χ3v) is 1.52. The summed E-state index contributed by atoms with van der Waals surface area (Å²) < 4.78 is 0. The molecule has 2 nitrogen and oxygen atoms in total. The van der Waals surface area contributed by atoms with Gasteiger partial charge in [0.05, 0.1) is 6.10 Å². The van der Waals surface area contributed by atoms with Crippen molar-refractivity contribution in [3.05, 3.63) is 0 Å². The third-order valence-electron chi connectivity index (χ3n) is 1.52. The van der Waals surface area contributed by atoms with Crippen LogP contribution in [0.4, 0.5) is 0 Å². The van der Waals surface area contributed by atoms with Gasteiger partial charge in [0.2, 0.25) is 0 Å². The summed E-state index contributed by atoms with van der Waals surface area (Å²) in [5, 5.41) is 11.8. The molecule has 42 valence electrons. The molecular weight excluding hydrogens is 90.1 g/mol. The van der Waals surface area contributed by atoms with E-state index in [1.165, 1.54) is 0 Å². The van der Waals surface area contributed by atoms with Crippen molar-refractivity contribution < 1.29 is 5.11 Å². The van der Waals surface area contributed by atoms with Crippen LogP contribution >= 0.6 is 0 Å². The van der Waals surface area contributed by atoms with Gasteiger partial charge >= 0.3 is 0 Å². The van der Waals surface area contributed by atoms with E-state index in [2.05, 4.69) is 5.32 Å². The molecule has 1 aliphatic carbocycles. The van der Waals surface area contributed by atoms with Crippen LogP contribution in [-0.2, 0) is 0 Å². The molecule has 0 heterocycles. The van der Waals surface area contributed by atoms with E-state index < -0.39 is 0 Å². The molecular formula is C5H11NO. The Hall–Kier alpha value is -0.0800. The molecule has 2 N–H and O–H groups in total. The molecule has 1 saturated carbocycles. The molecule has 0 radical (unpaired) electrons. The van der Waals surface area contributed by atoms with Gasteiger partial charge in [0.15, 0.2) is 0 Å². The zero-order chi connectivity index (χ0) is 5.28. The molecule has 2 heteroatoms. The lowest BCUT2D eigenvalue weighted by molar-refractivity contribution is 0.0656. The van der Waals surface area contributed by atoms with Crippen LogP contribution in [0.15, 0.2) is 0 Å². The van der Waals surface area contributed by atoms with Gasteiger partial charge in [0.25, 0.3) is 0 Å². The number of aliphatic hydroxyl groups excluding tert-OH is 1.